The lowest BCUT2D eigenvalue weighted by Gasteiger charge is -2.36. The average molecular weight is 537 g/mol. The Hall–Kier alpha value is -2.28. The Morgan fingerprint density at radius 3 is 2.08 bits per heavy atom. The Labute approximate surface area is 222 Å². The Bertz CT molecular complexity index is 1010. The second kappa shape index (κ2) is 14.2. The van der Waals surface area contributed by atoms with Gasteiger partial charge < -0.3 is 50.3 Å². The highest BCUT2D eigenvalue weighted by Gasteiger charge is 2.36. The fourth-order valence-electron chi connectivity index (χ4n) is 4.79. The van der Waals surface area contributed by atoms with E-state index in [4.69, 9.17) is 9.47 Å². The van der Waals surface area contributed by atoms with Gasteiger partial charge in [-0.15, -0.1) is 0 Å². The summed E-state index contributed by atoms with van der Waals surface area (Å²) in [6, 6.07) is 10.2. The molecule has 1 aliphatic rings. The molecule has 1 heterocycles. The molecule has 0 amide bonds. The molecule has 0 spiro atoms. The van der Waals surface area contributed by atoms with E-state index < -0.39 is 42.7 Å². The maximum absolute atomic E-state index is 10.4. The summed E-state index contributed by atoms with van der Waals surface area (Å²) in [5, 5.41) is 80.3. The molecule has 7 atom stereocenters. The molecule has 38 heavy (non-hydrogen) atoms. The van der Waals surface area contributed by atoms with E-state index in [0.717, 1.165) is 11.1 Å². The van der Waals surface area contributed by atoms with Crippen molar-refractivity contribution >= 4 is 0 Å². The van der Waals surface area contributed by atoms with Crippen LogP contribution in [0, 0.1) is 0 Å². The van der Waals surface area contributed by atoms with Gasteiger partial charge in [0.25, 0.3) is 0 Å². The van der Waals surface area contributed by atoms with Gasteiger partial charge in [0.1, 0.15) is 17.6 Å². The maximum Gasteiger partial charge on any atom is 0.118 e. The maximum atomic E-state index is 10.4. The minimum atomic E-state index is -1.09. The number of hydrogen-bond donors (Lipinski definition) is 8. The highest BCUT2D eigenvalue weighted by Crippen LogP contribution is 2.32. The highest BCUT2D eigenvalue weighted by molar-refractivity contribution is 5.67. The van der Waals surface area contributed by atoms with Gasteiger partial charge in [-0.2, -0.15) is 0 Å². The van der Waals surface area contributed by atoms with Crippen LogP contribution in [0.25, 0.3) is 11.1 Å². The first-order valence-electron chi connectivity index (χ1n) is 12.9. The third-order valence-corrected chi connectivity index (χ3v) is 7.24. The minimum Gasteiger partial charge on any atom is -0.508 e. The second-order valence-electron chi connectivity index (χ2n) is 9.95. The first-order valence-corrected chi connectivity index (χ1v) is 12.9. The molecule has 212 valence electrons. The van der Waals surface area contributed by atoms with Crippen LogP contribution in [0.2, 0.25) is 0 Å². The number of rotatable bonds is 13. The van der Waals surface area contributed by atoms with Crippen molar-refractivity contribution in [1.82, 2.24) is 0 Å². The number of hydrogen-bond acceptors (Lipinski definition) is 10. The van der Waals surface area contributed by atoms with Crippen molar-refractivity contribution in [3.05, 3.63) is 47.5 Å². The number of ether oxygens (including phenoxy) is 2. The molecule has 0 bridgehead atoms. The SMILES string of the molecule is COC(CO)CC(O)C(O)CCc1cc(-c2ccc(O)c(CCC3OC(CO)CC(O)C3O)c2)ccc1O. The van der Waals surface area contributed by atoms with Crippen molar-refractivity contribution in [2.75, 3.05) is 20.3 Å². The van der Waals surface area contributed by atoms with Crippen LogP contribution in [0.15, 0.2) is 36.4 Å². The average Bonchev–Trinajstić information content (AvgIpc) is 2.92. The number of phenols is 2. The molecule has 10 nitrogen and oxygen atoms in total. The van der Waals surface area contributed by atoms with Gasteiger partial charge in [-0.25, -0.2) is 0 Å². The number of aryl methyl sites for hydroxylation is 2. The lowest BCUT2D eigenvalue weighted by Crippen LogP contribution is -2.49. The van der Waals surface area contributed by atoms with E-state index in [1.165, 1.54) is 7.11 Å². The number of aliphatic hydroxyl groups is 6. The predicted octanol–water partition coefficient (Wildman–Crippen LogP) is 0.621. The zero-order valence-corrected chi connectivity index (χ0v) is 21.6. The van der Waals surface area contributed by atoms with Crippen molar-refractivity contribution in [2.45, 2.75) is 81.3 Å². The van der Waals surface area contributed by atoms with Gasteiger partial charge in [-0.3, -0.25) is 0 Å². The van der Waals surface area contributed by atoms with E-state index in [1.54, 1.807) is 36.4 Å². The van der Waals surface area contributed by atoms with Crippen molar-refractivity contribution in [3.8, 4) is 22.6 Å². The summed E-state index contributed by atoms with van der Waals surface area (Å²) in [6.07, 6.45) is -4.63. The van der Waals surface area contributed by atoms with Crippen molar-refractivity contribution < 1.29 is 50.3 Å². The molecule has 2 aromatic rings. The quantitative estimate of drug-likeness (QED) is 0.181. The van der Waals surface area contributed by atoms with E-state index >= 15 is 0 Å². The standard InChI is InChI=1S/C28H40O10/c1-37-20(14-29)12-25(34)24(33)8-4-18-10-16(2-6-22(18)31)17-3-7-23(32)19(11-17)5-9-27-28(36)26(35)13-21(15-30)38-27/h2-3,6-7,10-11,20-21,24-36H,4-5,8-9,12-15H2,1H3. The predicted molar refractivity (Wildman–Crippen MR) is 139 cm³/mol. The van der Waals surface area contributed by atoms with E-state index in [2.05, 4.69) is 0 Å². The molecule has 1 saturated heterocycles. The summed E-state index contributed by atoms with van der Waals surface area (Å²) in [6.45, 7) is -0.520. The van der Waals surface area contributed by atoms with Crippen molar-refractivity contribution in [1.29, 1.82) is 0 Å². The summed E-state index contributed by atoms with van der Waals surface area (Å²) < 4.78 is 10.7. The molecule has 10 heteroatoms. The summed E-state index contributed by atoms with van der Waals surface area (Å²) in [7, 11) is 1.42. The molecular weight excluding hydrogens is 496 g/mol. The van der Waals surface area contributed by atoms with Gasteiger partial charge in [-0.1, -0.05) is 12.1 Å². The first kappa shape index (κ1) is 30.3. The Balaban J connectivity index is 1.68. The van der Waals surface area contributed by atoms with Crippen LogP contribution < -0.4 is 0 Å². The third kappa shape index (κ3) is 7.87. The molecule has 0 radical (unpaired) electrons. The van der Waals surface area contributed by atoms with Crippen LogP contribution in [-0.4, -0.2) is 104 Å². The first-order chi connectivity index (χ1) is 18.2. The highest BCUT2D eigenvalue weighted by atomic mass is 16.5. The normalized spacial score (nSPS) is 24.2. The monoisotopic (exact) mass is 536 g/mol. The fourth-order valence-corrected chi connectivity index (χ4v) is 4.79. The van der Waals surface area contributed by atoms with Crippen LogP contribution >= 0.6 is 0 Å². The lowest BCUT2D eigenvalue weighted by atomic mass is 9.92. The largest absolute Gasteiger partial charge is 0.508 e. The number of benzene rings is 2. The van der Waals surface area contributed by atoms with E-state index in [9.17, 15) is 40.9 Å². The summed E-state index contributed by atoms with van der Waals surface area (Å²) >= 11 is 0. The smallest absolute Gasteiger partial charge is 0.118 e. The Morgan fingerprint density at radius 1 is 0.921 bits per heavy atom. The molecule has 1 fully saturated rings. The lowest BCUT2D eigenvalue weighted by molar-refractivity contribution is -0.178. The molecule has 8 N–H and O–H groups in total. The molecule has 0 saturated carbocycles. The zero-order chi connectivity index (χ0) is 27.8. The third-order valence-electron chi connectivity index (χ3n) is 7.24. The van der Waals surface area contributed by atoms with E-state index in [0.29, 0.717) is 30.4 Å². The Kier molecular flexibility index (Phi) is 11.3. The number of aliphatic hydroxyl groups excluding tert-OH is 6. The van der Waals surface area contributed by atoms with Crippen LogP contribution in [0.1, 0.15) is 36.8 Å². The number of aromatic hydroxyl groups is 2. The van der Waals surface area contributed by atoms with Crippen molar-refractivity contribution in [2.24, 2.45) is 0 Å². The summed E-state index contributed by atoms with van der Waals surface area (Å²) in [5.74, 6) is 0.131. The van der Waals surface area contributed by atoms with Gasteiger partial charge in [-0.05, 0) is 72.2 Å². The van der Waals surface area contributed by atoms with Crippen LogP contribution in [0.4, 0.5) is 0 Å². The minimum absolute atomic E-state index is 0.0556. The fraction of sp³-hybridized carbons (Fsp3) is 0.571. The summed E-state index contributed by atoms with van der Waals surface area (Å²) in [5.41, 5.74) is 2.75. The molecule has 0 aliphatic carbocycles. The molecule has 2 aromatic carbocycles. The number of phenolic OH excluding ortho intramolecular Hbond substituents is 2. The molecule has 0 aromatic heterocycles. The summed E-state index contributed by atoms with van der Waals surface area (Å²) in [4.78, 5) is 0. The van der Waals surface area contributed by atoms with Crippen molar-refractivity contribution in [3.63, 3.8) is 0 Å². The Morgan fingerprint density at radius 2 is 1.53 bits per heavy atom. The van der Waals surface area contributed by atoms with Crippen LogP contribution in [-0.2, 0) is 22.3 Å². The molecule has 1 aliphatic heterocycles. The molecular formula is C28H40O10. The van der Waals surface area contributed by atoms with E-state index in [1.807, 2.05) is 0 Å². The van der Waals surface area contributed by atoms with Gasteiger partial charge in [0.2, 0.25) is 0 Å². The van der Waals surface area contributed by atoms with Gasteiger partial charge >= 0.3 is 0 Å². The topological polar surface area (TPSA) is 180 Å². The molecule has 3 rings (SSSR count). The van der Waals surface area contributed by atoms with Gasteiger partial charge in [0, 0.05) is 20.0 Å². The van der Waals surface area contributed by atoms with Crippen LogP contribution in [0.3, 0.4) is 0 Å². The van der Waals surface area contributed by atoms with Gasteiger partial charge in [0.15, 0.2) is 0 Å². The zero-order valence-electron chi connectivity index (χ0n) is 21.6. The van der Waals surface area contributed by atoms with Gasteiger partial charge in [0.05, 0.1) is 49.8 Å². The molecule has 7 unspecified atom stereocenters. The number of methoxy groups -OCH3 is 1. The second-order valence-corrected chi connectivity index (χ2v) is 9.95. The van der Waals surface area contributed by atoms with Crippen LogP contribution in [0.5, 0.6) is 11.5 Å². The van der Waals surface area contributed by atoms with E-state index in [-0.39, 0.29) is 44.0 Å².